The van der Waals surface area contributed by atoms with Crippen LogP contribution in [0.4, 0.5) is 5.69 Å². The Morgan fingerprint density at radius 3 is 2.26 bits per heavy atom. The molecule has 0 radical (unpaired) electrons. The Hall–Kier alpha value is -3.91. The first-order valence-corrected chi connectivity index (χ1v) is 11.8. The number of nitrogens with zero attached hydrogens (tertiary/aromatic N) is 3. The molecule has 2 amide bonds. The molecule has 34 heavy (non-hydrogen) atoms. The monoisotopic (exact) mass is 471 g/mol. The Morgan fingerprint density at radius 1 is 0.912 bits per heavy atom. The number of nitrogens with one attached hydrogen (secondary N) is 2. The summed E-state index contributed by atoms with van der Waals surface area (Å²) in [5.41, 5.74) is 5.23. The van der Waals surface area contributed by atoms with Gasteiger partial charge in [-0.2, -0.15) is 0 Å². The number of thioether (sulfide) groups is 1. The second kappa shape index (κ2) is 10.4. The molecule has 0 aliphatic rings. The Labute approximate surface area is 202 Å². The van der Waals surface area contributed by atoms with E-state index >= 15 is 0 Å². The second-order valence-electron chi connectivity index (χ2n) is 7.84. The van der Waals surface area contributed by atoms with E-state index in [-0.39, 0.29) is 17.6 Å². The van der Waals surface area contributed by atoms with Gasteiger partial charge in [-0.15, -0.1) is 10.2 Å². The van der Waals surface area contributed by atoms with Crippen molar-refractivity contribution >= 4 is 29.3 Å². The fourth-order valence-electron chi connectivity index (χ4n) is 3.39. The number of carbonyl (C=O) groups is 2. The van der Waals surface area contributed by atoms with Crippen LogP contribution in [-0.4, -0.2) is 39.4 Å². The fraction of sp³-hybridized carbons (Fsp3) is 0.154. The number of carbonyl (C=O) groups excluding carboxylic acids is 2. The molecule has 1 aromatic heterocycles. The highest BCUT2D eigenvalue weighted by Gasteiger charge is 2.17. The van der Waals surface area contributed by atoms with E-state index in [2.05, 4.69) is 20.8 Å². The number of anilines is 1. The molecule has 0 aliphatic carbocycles. The van der Waals surface area contributed by atoms with Gasteiger partial charge in [0.05, 0.1) is 5.75 Å². The van der Waals surface area contributed by atoms with Crippen LogP contribution in [0.15, 0.2) is 78.0 Å². The molecule has 7 nitrogen and oxygen atoms in total. The average Bonchev–Trinajstić information content (AvgIpc) is 3.27. The van der Waals surface area contributed by atoms with E-state index in [1.54, 1.807) is 31.3 Å². The van der Waals surface area contributed by atoms with Crippen LogP contribution in [0.3, 0.4) is 0 Å². The molecule has 0 unspecified atom stereocenters. The Balaban J connectivity index is 1.56. The van der Waals surface area contributed by atoms with Crippen LogP contribution in [0.5, 0.6) is 0 Å². The van der Waals surface area contributed by atoms with E-state index < -0.39 is 0 Å². The number of aryl methyl sites for hydroxylation is 2. The third kappa shape index (κ3) is 5.35. The summed E-state index contributed by atoms with van der Waals surface area (Å²) >= 11 is 1.31. The quantitative estimate of drug-likeness (QED) is 0.383. The van der Waals surface area contributed by atoms with E-state index in [1.165, 1.54) is 11.8 Å². The van der Waals surface area contributed by atoms with Crippen LogP contribution in [0.1, 0.15) is 21.5 Å². The highest BCUT2D eigenvalue weighted by Crippen LogP contribution is 2.28. The number of benzene rings is 3. The van der Waals surface area contributed by atoms with Crippen molar-refractivity contribution in [2.75, 3.05) is 18.1 Å². The lowest BCUT2D eigenvalue weighted by atomic mass is 10.1. The lowest BCUT2D eigenvalue weighted by molar-refractivity contribution is -0.113. The molecular weight excluding hydrogens is 446 g/mol. The van der Waals surface area contributed by atoms with Crippen LogP contribution >= 0.6 is 11.8 Å². The first-order valence-electron chi connectivity index (χ1n) is 10.8. The molecule has 3 aromatic carbocycles. The van der Waals surface area contributed by atoms with Crippen molar-refractivity contribution in [3.63, 3.8) is 0 Å². The zero-order chi connectivity index (χ0) is 24.1. The molecule has 0 spiro atoms. The Bertz CT molecular complexity index is 1310. The van der Waals surface area contributed by atoms with Gasteiger partial charge in [0.25, 0.3) is 5.91 Å². The molecule has 0 fully saturated rings. The summed E-state index contributed by atoms with van der Waals surface area (Å²) in [5, 5.41) is 14.9. The molecule has 0 bridgehead atoms. The molecule has 4 aromatic rings. The summed E-state index contributed by atoms with van der Waals surface area (Å²) in [4.78, 5) is 24.5. The standard InChI is InChI=1S/C26H25N5O2S/c1-17-7-11-19(12-8-17)24-29-30-26(31(24)22-13-9-18(2)10-14-22)34-16-23(32)28-21-6-4-5-20(15-21)25(33)27-3/h4-15H,16H2,1-3H3,(H,27,33)(H,28,32). The summed E-state index contributed by atoms with van der Waals surface area (Å²) in [7, 11) is 1.57. The molecule has 0 aliphatic heterocycles. The number of amides is 2. The van der Waals surface area contributed by atoms with Gasteiger partial charge >= 0.3 is 0 Å². The number of rotatable bonds is 7. The zero-order valence-electron chi connectivity index (χ0n) is 19.2. The van der Waals surface area contributed by atoms with Crippen LogP contribution < -0.4 is 10.6 Å². The molecular formula is C26H25N5O2S. The summed E-state index contributed by atoms with van der Waals surface area (Å²) in [5.74, 6) is 0.446. The maximum atomic E-state index is 12.7. The van der Waals surface area contributed by atoms with Crippen LogP contribution in [0, 0.1) is 13.8 Å². The minimum absolute atomic E-state index is 0.141. The van der Waals surface area contributed by atoms with Gasteiger partial charge in [0.15, 0.2) is 11.0 Å². The van der Waals surface area contributed by atoms with Gasteiger partial charge in [-0.25, -0.2) is 0 Å². The molecule has 8 heteroatoms. The van der Waals surface area contributed by atoms with E-state index in [1.807, 2.05) is 66.9 Å². The number of hydrogen-bond acceptors (Lipinski definition) is 5. The number of aromatic nitrogens is 3. The summed E-state index contributed by atoms with van der Waals surface area (Å²) in [6.45, 7) is 4.08. The predicted molar refractivity (Wildman–Crippen MR) is 135 cm³/mol. The number of hydrogen-bond donors (Lipinski definition) is 2. The maximum Gasteiger partial charge on any atom is 0.251 e. The molecule has 0 atom stereocenters. The predicted octanol–water partition coefficient (Wildman–Crippen LogP) is 4.64. The Morgan fingerprint density at radius 2 is 1.59 bits per heavy atom. The molecule has 1 heterocycles. The van der Waals surface area contributed by atoms with Gasteiger partial charge in [0.1, 0.15) is 0 Å². The van der Waals surface area contributed by atoms with E-state index in [9.17, 15) is 9.59 Å². The molecule has 0 saturated heterocycles. The van der Waals surface area contributed by atoms with Gasteiger partial charge in [-0.3, -0.25) is 14.2 Å². The molecule has 2 N–H and O–H groups in total. The molecule has 0 saturated carbocycles. The van der Waals surface area contributed by atoms with Gasteiger partial charge in [0, 0.05) is 29.5 Å². The van der Waals surface area contributed by atoms with Crippen LogP contribution in [0.2, 0.25) is 0 Å². The fourth-order valence-corrected chi connectivity index (χ4v) is 4.14. The summed E-state index contributed by atoms with van der Waals surface area (Å²) in [6, 6.07) is 23.0. The van der Waals surface area contributed by atoms with Gasteiger partial charge < -0.3 is 10.6 Å². The minimum Gasteiger partial charge on any atom is -0.355 e. The second-order valence-corrected chi connectivity index (χ2v) is 8.78. The first-order chi connectivity index (χ1) is 16.4. The van der Waals surface area contributed by atoms with Crippen molar-refractivity contribution in [2.45, 2.75) is 19.0 Å². The highest BCUT2D eigenvalue weighted by molar-refractivity contribution is 7.99. The van der Waals surface area contributed by atoms with Crippen molar-refractivity contribution in [2.24, 2.45) is 0 Å². The Kier molecular flexibility index (Phi) is 7.08. The largest absolute Gasteiger partial charge is 0.355 e. The third-order valence-corrected chi connectivity index (χ3v) is 6.13. The van der Waals surface area contributed by atoms with Gasteiger partial charge in [-0.1, -0.05) is 65.4 Å². The smallest absolute Gasteiger partial charge is 0.251 e. The normalized spacial score (nSPS) is 10.7. The van der Waals surface area contributed by atoms with E-state index in [4.69, 9.17) is 0 Å². The van der Waals surface area contributed by atoms with Crippen molar-refractivity contribution in [3.8, 4) is 17.1 Å². The van der Waals surface area contributed by atoms with Crippen molar-refractivity contribution in [3.05, 3.63) is 89.5 Å². The topological polar surface area (TPSA) is 88.9 Å². The summed E-state index contributed by atoms with van der Waals surface area (Å²) < 4.78 is 1.97. The SMILES string of the molecule is CNC(=O)c1cccc(NC(=O)CSc2nnc(-c3ccc(C)cc3)n2-c2ccc(C)cc2)c1. The van der Waals surface area contributed by atoms with Gasteiger partial charge in [-0.05, 0) is 44.2 Å². The van der Waals surface area contributed by atoms with Crippen LogP contribution in [-0.2, 0) is 4.79 Å². The summed E-state index contributed by atoms with van der Waals surface area (Å²) in [6.07, 6.45) is 0. The van der Waals surface area contributed by atoms with Crippen molar-refractivity contribution in [1.82, 2.24) is 20.1 Å². The van der Waals surface area contributed by atoms with Gasteiger partial charge in [0.2, 0.25) is 5.91 Å². The zero-order valence-corrected chi connectivity index (χ0v) is 20.0. The molecule has 4 rings (SSSR count). The third-order valence-electron chi connectivity index (χ3n) is 5.20. The maximum absolute atomic E-state index is 12.7. The highest BCUT2D eigenvalue weighted by atomic mass is 32.2. The van der Waals surface area contributed by atoms with E-state index in [0.29, 0.717) is 22.2 Å². The minimum atomic E-state index is -0.208. The lowest BCUT2D eigenvalue weighted by Crippen LogP contribution is -2.19. The van der Waals surface area contributed by atoms with Crippen molar-refractivity contribution < 1.29 is 9.59 Å². The first kappa shape index (κ1) is 23.3. The van der Waals surface area contributed by atoms with Crippen LogP contribution in [0.25, 0.3) is 17.1 Å². The average molecular weight is 472 g/mol. The van der Waals surface area contributed by atoms with E-state index in [0.717, 1.165) is 22.4 Å². The lowest BCUT2D eigenvalue weighted by Gasteiger charge is -2.11. The van der Waals surface area contributed by atoms with Crippen molar-refractivity contribution in [1.29, 1.82) is 0 Å². The molecule has 172 valence electrons.